The van der Waals surface area contributed by atoms with E-state index < -0.39 is 0 Å². The molecule has 1 aromatic carbocycles. The van der Waals surface area contributed by atoms with Crippen molar-refractivity contribution in [1.29, 1.82) is 0 Å². The molecule has 3 saturated heterocycles. The minimum Gasteiger partial charge on any atom is -0.378 e. The van der Waals surface area contributed by atoms with Crippen molar-refractivity contribution in [3.8, 4) is 0 Å². The van der Waals surface area contributed by atoms with Gasteiger partial charge in [0.05, 0.1) is 0 Å². The van der Waals surface area contributed by atoms with Crippen molar-refractivity contribution < 1.29 is 5.11 Å². The van der Waals surface area contributed by atoms with Crippen LogP contribution in [-0.2, 0) is 0 Å². The number of aliphatic hydroxyl groups is 1. The second kappa shape index (κ2) is 8.03. The van der Waals surface area contributed by atoms with E-state index in [1.807, 2.05) is 12.1 Å². The number of hydrogen-bond acceptors (Lipinski definition) is 5. The summed E-state index contributed by atoms with van der Waals surface area (Å²) in [7, 11) is 0. The van der Waals surface area contributed by atoms with Crippen LogP contribution in [-0.4, -0.2) is 68.1 Å². The van der Waals surface area contributed by atoms with E-state index in [0.717, 1.165) is 76.5 Å². The van der Waals surface area contributed by atoms with Gasteiger partial charge in [-0.05, 0) is 63.5 Å². The van der Waals surface area contributed by atoms with Crippen LogP contribution in [0.3, 0.4) is 0 Å². The van der Waals surface area contributed by atoms with E-state index in [1.54, 1.807) is 0 Å². The molecule has 5 nitrogen and oxygen atoms in total. The number of halogens is 1. The van der Waals surface area contributed by atoms with Crippen molar-refractivity contribution in [2.45, 2.75) is 38.0 Å². The zero-order valence-electron chi connectivity index (χ0n) is 15.5. The van der Waals surface area contributed by atoms with Crippen molar-refractivity contribution in [1.82, 2.24) is 15.5 Å². The Morgan fingerprint density at radius 3 is 2.65 bits per heavy atom. The fraction of sp³-hybridized carbons (Fsp3) is 0.700. The molecule has 3 fully saturated rings. The van der Waals surface area contributed by atoms with Crippen molar-refractivity contribution in [2.75, 3.05) is 50.7 Å². The van der Waals surface area contributed by atoms with Gasteiger partial charge in [-0.2, -0.15) is 0 Å². The van der Waals surface area contributed by atoms with Crippen molar-refractivity contribution in [2.24, 2.45) is 5.41 Å². The van der Waals surface area contributed by atoms with Gasteiger partial charge in [0.1, 0.15) is 6.23 Å². The Hall–Kier alpha value is -0.850. The molecule has 2 atom stereocenters. The van der Waals surface area contributed by atoms with Gasteiger partial charge in [0.2, 0.25) is 0 Å². The fourth-order valence-corrected chi connectivity index (χ4v) is 5.07. The van der Waals surface area contributed by atoms with Crippen LogP contribution in [0.15, 0.2) is 24.3 Å². The summed E-state index contributed by atoms with van der Waals surface area (Å²) in [6, 6.07) is 8.61. The Morgan fingerprint density at radius 2 is 1.92 bits per heavy atom. The summed E-state index contributed by atoms with van der Waals surface area (Å²) in [5, 5.41) is 18.2. The van der Waals surface area contributed by atoms with Gasteiger partial charge in [0, 0.05) is 48.3 Å². The van der Waals surface area contributed by atoms with Gasteiger partial charge >= 0.3 is 0 Å². The molecular formula is C20H31ClN4O. The molecule has 6 heteroatoms. The molecule has 4 rings (SSSR count). The first-order valence-electron chi connectivity index (χ1n) is 10.0. The van der Waals surface area contributed by atoms with Gasteiger partial charge in [0.25, 0.3) is 0 Å². The average molecular weight is 379 g/mol. The third kappa shape index (κ3) is 4.02. The van der Waals surface area contributed by atoms with Crippen molar-refractivity contribution in [3.63, 3.8) is 0 Å². The molecule has 1 spiro atoms. The molecule has 0 aromatic heterocycles. The molecule has 1 aromatic rings. The van der Waals surface area contributed by atoms with E-state index in [1.165, 1.54) is 5.69 Å². The summed E-state index contributed by atoms with van der Waals surface area (Å²) in [5.41, 5.74) is 1.34. The van der Waals surface area contributed by atoms with Crippen LogP contribution in [0.1, 0.15) is 25.7 Å². The van der Waals surface area contributed by atoms with Crippen LogP contribution in [0.4, 0.5) is 5.69 Å². The molecule has 0 aliphatic carbocycles. The van der Waals surface area contributed by atoms with Crippen LogP contribution in [0.25, 0.3) is 0 Å². The molecule has 3 N–H and O–H groups in total. The van der Waals surface area contributed by atoms with Crippen LogP contribution in [0, 0.1) is 5.41 Å². The molecule has 0 bridgehead atoms. The summed E-state index contributed by atoms with van der Waals surface area (Å²) in [5.74, 6) is 0. The first-order chi connectivity index (χ1) is 12.6. The second-order valence-corrected chi connectivity index (χ2v) is 8.62. The molecule has 26 heavy (non-hydrogen) atoms. The summed E-state index contributed by atoms with van der Waals surface area (Å²) in [4.78, 5) is 4.98. The van der Waals surface area contributed by atoms with Gasteiger partial charge in [-0.1, -0.05) is 17.7 Å². The molecule has 0 saturated carbocycles. The second-order valence-electron chi connectivity index (χ2n) is 8.18. The van der Waals surface area contributed by atoms with E-state index in [2.05, 4.69) is 32.6 Å². The number of nitrogens with zero attached hydrogens (tertiary/aromatic N) is 2. The molecule has 3 heterocycles. The highest BCUT2D eigenvalue weighted by molar-refractivity contribution is 6.30. The standard InChI is InChI=1S/C20H31ClN4O/c21-16-2-1-3-18(14-16)25-12-10-24(11-13-25)9-4-17-15-20(19(26)23-17)5-7-22-8-6-20/h1-3,14,17,19,22-23,26H,4-13,15H2/t17-,19?/m0/s1. The maximum atomic E-state index is 10.5. The van der Waals surface area contributed by atoms with Gasteiger partial charge in [-0.15, -0.1) is 0 Å². The lowest BCUT2D eigenvalue weighted by molar-refractivity contribution is 0.0152. The lowest BCUT2D eigenvalue weighted by Crippen LogP contribution is -2.47. The third-order valence-electron chi connectivity index (χ3n) is 6.57. The number of aliphatic hydroxyl groups excluding tert-OH is 1. The predicted octanol–water partition coefficient (Wildman–Crippen LogP) is 1.90. The topological polar surface area (TPSA) is 50.8 Å². The van der Waals surface area contributed by atoms with Gasteiger partial charge in [0.15, 0.2) is 0 Å². The third-order valence-corrected chi connectivity index (χ3v) is 6.80. The average Bonchev–Trinajstić information content (AvgIpc) is 2.96. The lowest BCUT2D eigenvalue weighted by atomic mass is 9.75. The minimum atomic E-state index is -0.325. The molecule has 144 valence electrons. The lowest BCUT2D eigenvalue weighted by Gasteiger charge is -2.37. The first-order valence-corrected chi connectivity index (χ1v) is 10.4. The molecule has 0 radical (unpaired) electrons. The van der Waals surface area contributed by atoms with Crippen molar-refractivity contribution >= 4 is 17.3 Å². The normalized spacial score (nSPS) is 29.4. The van der Waals surface area contributed by atoms with Gasteiger partial charge in [-0.3, -0.25) is 10.2 Å². The zero-order chi connectivity index (χ0) is 18.0. The maximum Gasteiger partial charge on any atom is 0.110 e. The predicted molar refractivity (Wildman–Crippen MR) is 107 cm³/mol. The number of anilines is 1. The number of piperazine rings is 1. The van der Waals surface area contributed by atoms with Crippen molar-refractivity contribution in [3.05, 3.63) is 29.3 Å². The van der Waals surface area contributed by atoms with E-state index in [0.29, 0.717) is 6.04 Å². The first kappa shape index (κ1) is 18.5. The summed E-state index contributed by atoms with van der Waals surface area (Å²) < 4.78 is 0. The van der Waals surface area contributed by atoms with E-state index >= 15 is 0 Å². The molecule has 0 amide bonds. The highest BCUT2D eigenvalue weighted by atomic mass is 35.5. The molecule has 3 aliphatic heterocycles. The molecular weight excluding hydrogens is 348 g/mol. The number of nitrogens with one attached hydrogen (secondary N) is 2. The largest absolute Gasteiger partial charge is 0.378 e. The van der Waals surface area contributed by atoms with Crippen LogP contribution >= 0.6 is 11.6 Å². The number of piperidine rings is 1. The van der Waals surface area contributed by atoms with Crippen LogP contribution < -0.4 is 15.5 Å². The zero-order valence-corrected chi connectivity index (χ0v) is 16.2. The number of benzene rings is 1. The Labute approximate surface area is 161 Å². The highest BCUT2D eigenvalue weighted by Gasteiger charge is 2.46. The Balaban J connectivity index is 1.23. The quantitative estimate of drug-likeness (QED) is 0.747. The summed E-state index contributed by atoms with van der Waals surface area (Å²) in [6.45, 7) is 7.48. The Kier molecular flexibility index (Phi) is 5.72. The van der Waals surface area contributed by atoms with E-state index in [-0.39, 0.29) is 11.6 Å². The van der Waals surface area contributed by atoms with Crippen LogP contribution in [0.2, 0.25) is 5.02 Å². The summed E-state index contributed by atoms with van der Waals surface area (Å²) in [6.07, 6.45) is 4.11. The Morgan fingerprint density at radius 1 is 1.15 bits per heavy atom. The van der Waals surface area contributed by atoms with E-state index in [4.69, 9.17) is 11.6 Å². The smallest absolute Gasteiger partial charge is 0.110 e. The van der Waals surface area contributed by atoms with Gasteiger partial charge < -0.3 is 15.3 Å². The molecule has 3 aliphatic rings. The maximum absolute atomic E-state index is 10.5. The van der Waals surface area contributed by atoms with Crippen LogP contribution in [0.5, 0.6) is 0 Å². The Bertz CT molecular complexity index is 599. The monoisotopic (exact) mass is 378 g/mol. The number of rotatable bonds is 4. The highest BCUT2D eigenvalue weighted by Crippen LogP contribution is 2.41. The number of hydrogen-bond donors (Lipinski definition) is 3. The summed E-state index contributed by atoms with van der Waals surface area (Å²) >= 11 is 6.12. The SMILES string of the molecule is OC1N[C@@H](CCN2CCN(c3cccc(Cl)c3)CC2)CC12CCNCC2. The van der Waals surface area contributed by atoms with E-state index in [9.17, 15) is 5.11 Å². The fourth-order valence-electron chi connectivity index (χ4n) is 4.89. The minimum absolute atomic E-state index is 0.112. The van der Waals surface area contributed by atoms with Gasteiger partial charge in [-0.25, -0.2) is 0 Å². The molecule has 1 unspecified atom stereocenters.